The number of hydrogen-bond donors (Lipinski definition) is 1. The van der Waals surface area contributed by atoms with E-state index in [1.54, 1.807) is 6.92 Å². The van der Waals surface area contributed by atoms with Crippen LogP contribution in [0, 0.1) is 11.6 Å². The van der Waals surface area contributed by atoms with E-state index in [2.05, 4.69) is 0 Å². The number of phenolic OH excluding ortho intramolecular Hbond substituents is 1. The number of fused-ring (bicyclic) bond motifs is 1. The first-order chi connectivity index (χ1) is 11.9. The van der Waals surface area contributed by atoms with Crippen LogP contribution in [0.2, 0.25) is 0 Å². The SMILES string of the molecule is CCOC(=O)n1c(-c2ccc(O)cc2)cc(=O)c2cc(F)c(F)cc21. The van der Waals surface area contributed by atoms with E-state index in [4.69, 9.17) is 4.74 Å². The number of ether oxygens (including phenoxy) is 1. The summed E-state index contributed by atoms with van der Waals surface area (Å²) in [4.78, 5) is 24.7. The van der Waals surface area contributed by atoms with Gasteiger partial charge in [0.2, 0.25) is 0 Å². The fraction of sp³-hybridized carbons (Fsp3) is 0.111. The van der Waals surface area contributed by atoms with Gasteiger partial charge in [-0.3, -0.25) is 4.79 Å². The molecule has 1 heterocycles. The highest BCUT2D eigenvalue weighted by atomic mass is 19.2. The third-order valence-electron chi connectivity index (χ3n) is 3.67. The van der Waals surface area contributed by atoms with Crippen LogP contribution in [0.25, 0.3) is 22.2 Å². The Bertz CT molecular complexity index is 1030. The molecular formula is C18H13F2NO4. The second-order valence-electron chi connectivity index (χ2n) is 5.26. The second kappa shape index (κ2) is 6.35. The van der Waals surface area contributed by atoms with Crippen molar-refractivity contribution in [3.63, 3.8) is 0 Å². The van der Waals surface area contributed by atoms with E-state index in [0.29, 0.717) is 5.56 Å². The number of rotatable bonds is 2. The lowest BCUT2D eigenvalue weighted by molar-refractivity contribution is 0.155. The molecule has 128 valence electrons. The van der Waals surface area contributed by atoms with Crippen LogP contribution in [0.4, 0.5) is 13.6 Å². The summed E-state index contributed by atoms with van der Waals surface area (Å²) in [5, 5.41) is 9.26. The molecule has 0 atom stereocenters. The number of phenols is 1. The van der Waals surface area contributed by atoms with Crippen molar-refractivity contribution in [1.82, 2.24) is 4.57 Å². The van der Waals surface area contributed by atoms with E-state index >= 15 is 0 Å². The van der Waals surface area contributed by atoms with Crippen molar-refractivity contribution in [2.45, 2.75) is 6.92 Å². The molecule has 0 bridgehead atoms. The minimum Gasteiger partial charge on any atom is -0.508 e. The van der Waals surface area contributed by atoms with Crippen LogP contribution >= 0.6 is 0 Å². The third kappa shape index (κ3) is 2.96. The highest BCUT2D eigenvalue weighted by Crippen LogP contribution is 2.26. The minimum absolute atomic E-state index is 0.00249. The van der Waals surface area contributed by atoms with E-state index in [1.165, 1.54) is 24.3 Å². The first-order valence-corrected chi connectivity index (χ1v) is 7.43. The van der Waals surface area contributed by atoms with E-state index in [0.717, 1.165) is 22.8 Å². The van der Waals surface area contributed by atoms with E-state index in [9.17, 15) is 23.5 Å². The summed E-state index contributed by atoms with van der Waals surface area (Å²) in [5.41, 5.74) is -0.109. The standard InChI is InChI=1S/C18H13F2NO4/c1-2-25-18(24)21-15(10-3-5-11(22)6-4-10)9-17(23)12-7-13(19)14(20)8-16(12)21/h3-9,22H,2H2,1H3. The number of aromatic nitrogens is 1. The smallest absolute Gasteiger partial charge is 0.418 e. The fourth-order valence-electron chi connectivity index (χ4n) is 2.54. The summed E-state index contributed by atoms with van der Waals surface area (Å²) in [5.74, 6) is -2.37. The summed E-state index contributed by atoms with van der Waals surface area (Å²) in [6, 6.07) is 8.42. The molecule has 3 rings (SSSR count). The average molecular weight is 345 g/mol. The van der Waals surface area contributed by atoms with Crippen LogP contribution in [-0.2, 0) is 4.74 Å². The van der Waals surface area contributed by atoms with Crippen LogP contribution in [0.1, 0.15) is 6.92 Å². The van der Waals surface area contributed by atoms with Crippen molar-refractivity contribution < 1.29 is 23.4 Å². The molecule has 0 radical (unpaired) electrons. The van der Waals surface area contributed by atoms with Gasteiger partial charge >= 0.3 is 6.09 Å². The van der Waals surface area contributed by atoms with Crippen molar-refractivity contribution >= 4 is 17.0 Å². The third-order valence-corrected chi connectivity index (χ3v) is 3.67. The summed E-state index contributed by atoms with van der Waals surface area (Å²) in [7, 11) is 0. The van der Waals surface area contributed by atoms with Crippen molar-refractivity contribution in [3.05, 3.63) is 64.3 Å². The van der Waals surface area contributed by atoms with Crippen molar-refractivity contribution in [2.75, 3.05) is 6.61 Å². The van der Waals surface area contributed by atoms with E-state index < -0.39 is 23.2 Å². The van der Waals surface area contributed by atoms with Gasteiger partial charge in [0.25, 0.3) is 0 Å². The molecule has 2 aromatic carbocycles. The van der Waals surface area contributed by atoms with Crippen LogP contribution in [0.15, 0.2) is 47.3 Å². The Hall–Kier alpha value is -3.22. The zero-order valence-electron chi connectivity index (χ0n) is 13.1. The largest absolute Gasteiger partial charge is 0.508 e. The first kappa shape index (κ1) is 16.6. The zero-order chi connectivity index (χ0) is 18.1. The quantitative estimate of drug-likeness (QED) is 0.770. The van der Waals surface area contributed by atoms with Crippen molar-refractivity contribution in [2.24, 2.45) is 0 Å². The molecule has 0 spiro atoms. The Kier molecular flexibility index (Phi) is 4.22. The summed E-state index contributed by atoms with van der Waals surface area (Å²) >= 11 is 0. The lowest BCUT2D eigenvalue weighted by Crippen LogP contribution is -2.20. The Labute approximate surface area is 140 Å². The number of pyridine rings is 1. The lowest BCUT2D eigenvalue weighted by atomic mass is 10.1. The van der Waals surface area contributed by atoms with Gasteiger partial charge in [0.05, 0.1) is 17.8 Å². The molecule has 0 aliphatic rings. The number of carbonyl (C=O) groups excluding carboxylic acids is 1. The maximum atomic E-state index is 13.7. The Morgan fingerprint density at radius 2 is 1.76 bits per heavy atom. The Morgan fingerprint density at radius 1 is 1.12 bits per heavy atom. The number of halogens is 2. The molecule has 1 aromatic heterocycles. The summed E-state index contributed by atoms with van der Waals surface area (Å²) in [6.07, 6.45) is -0.832. The highest BCUT2D eigenvalue weighted by molar-refractivity contribution is 5.92. The van der Waals surface area contributed by atoms with Gasteiger partial charge in [0, 0.05) is 17.5 Å². The first-order valence-electron chi connectivity index (χ1n) is 7.43. The molecule has 1 N–H and O–H groups in total. The molecule has 5 nitrogen and oxygen atoms in total. The summed E-state index contributed by atoms with van der Waals surface area (Å²) < 4.78 is 33.2. The van der Waals surface area contributed by atoms with Gasteiger partial charge in [-0.2, -0.15) is 0 Å². The monoisotopic (exact) mass is 345 g/mol. The van der Waals surface area contributed by atoms with Crippen LogP contribution in [0.5, 0.6) is 5.75 Å². The maximum Gasteiger partial charge on any atom is 0.418 e. The number of carbonyl (C=O) groups is 1. The van der Waals surface area contributed by atoms with Crippen LogP contribution in [0.3, 0.4) is 0 Å². The van der Waals surface area contributed by atoms with Gasteiger partial charge in [-0.05, 0) is 42.8 Å². The van der Waals surface area contributed by atoms with Gasteiger partial charge in [-0.25, -0.2) is 18.1 Å². The van der Waals surface area contributed by atoms with Gasteiger partial charge in [-0.15, -0.1) is 0 Å². The summed E-state index contributed by atoms with van der Waals surface area (Å²) in [6.45, 7) is 1.66. The second-order valence-corrected chi connectivity index (χ2v) is 5.26. The number of nitrogens with zero attached hydrogens (tertiary/aromatic N) is 1. The van der Waals surface area contributed by atoms with E-state index in [-0.39, 0.29) is 29.0 Å². The van der Waals surface area contributed by atoms with Crippen LogP contribution in [-0.4, -0.2) is 22.4 Å². The molecule has 0 unspecified atom stereocenters. The number of benzene rings is 2. The van der Waals surface area contributed by atoms with E-state index in [1.807, 2.05) is 0 Å². The lowest BCUT2D eigenvalue weighted by Gasteiger charge is -2.15. The Balaban J connectivity index is 2.41. The predicted octanol–water partition coefficient (Wildman–Crippen LogP) is 3.66. The molecule has 3 aromatic rings. The fourth-order valence-corrected chi connectivity index (χ4v) is 2.54. The number of hydrogen-bond acceptors (Lipinski definition) is 4. The van der Waals surface area contributed by atoms with Gasteiger partial charge in [-0.1, -0.05) is 0 Å². The average Bonchev–Trinajstić information content (AvgIpc) is 2.57. The van der Waals surface area contributed by atoms with Gasteiger partial charge in [0.1, 0.15) is 5.75 Å². The van der Waals surface area contributed by atoms with Gasteiger partial charge in [0.15, 0.2) is 17.1 Å². The van der Waals surface area contributed by atoms with Crippen molar-refractivity contribution in [3.8, 4) is 17.0 Å². The van der Waals surface area contributed by atoms with Crippen LogP contribution < -0.4 is 5.43 Å². The highest BCUT2D eigenvalue weighted by Gasteiger charge is 2.19. The predicted molar refractivity (Wildman–Crippen MR) is 87.6 cm³/mol. The number of aromatic hydroxyl groups is 1. The normalized spacial score (nSPS) is 10.8. The zero-order valence-corrected chi connectivity index (χ0v) is 13.1. The molecule has 25 heavy (non-hydrogen) atoms. The molecule has 0 saturated carbocycles. The topological polar surface area (TPSA) is 68.5 Å². The molecule has 0 amide bonds. The molecule has 0 saturated heterocycles. The molecule has 0 fully saturated rings. The van der Waals surface area contributed by atoms with Crippen molar-refractivity contribution in [1.29, 1.82) is 0 Å². The van der Waals surface area contributed by atoms with Gasteiger partial charge < -0.3 is 9.84 Å². The molecular weight excluding hydrogens is 332 g/mol. The molecule has 0 aliphatic carbocycles. The molecule has 0 aliphatic heterocycles. The minimum atomic E-state index is -1.19. The Morgan fingerprint density at radius 3 is 2.40 bits per heavy atom. The molecule has 7 heteroatoms. The maximum absolute atomic E-state index is 13.7.